The van der Waals surface area contributed by atoms with Gasteiger partial charge in [0.25, 0.3) is 0 Å². The minimum atomic E-state index is -0.358. The van der Waals surface area contributed by atoms with Crippen LogP contribution in [0.2, 0.25) is 0 Å². The van der Waals surface area contributed by atoms with Crippen molar-refractivity contribution in [2.45, 2.75) is 115 Å². The summed E-state index contributed by atoms with van der Waals surface area (Å²) in [6.45, 7) is 2.70. The van der Waals surface area contributed by atoms with Gasteiger partial charge >= 0.3 is 0 Å². The number of hydrogen-bond acceptors (Lipinski definition) is 3. The van der Waals surface area contributed by atoms with Crippen LogP contribution in [0.3, 0.4) is 0 Å². The van der Waals surface area contributed by atoms with Gasteiger partial charge in [-0.25, -0.2) is 0 Å². The first-order chi connectivity index (χ1) is 14.8. The molecule has 0 N–H and O–H groups in total. The van der Waals surface area contributed by atoms with Crippen LogP contribution in [0.1, 0.15) is 109 Å². The molecule has 5 heteroatoms. The minimum absolute atomic E-state index is 0.0624. The largest absolute Gasteiger partial charge is 0.348 e. The van der Waals surface area contributed by atoms with Crippen molar-refractivity contribution >= 4 is 0 Å². The second-order valence-electron chi connectivity index (χ2n) is 8.55. The lowest BCUT2D eigenvalue weighted by Crippen LogP contribution is -2.39. The fourth-order valence-corrected chi connectivity index (χ4v) is 4.16. The van der Waals surface area contributed by atoms with E-state index in [0.717, 1.165) is 18.4 Å². The Kier molecular flexibility index (Phi) is 13.3. The summed E-state index contributed by atoms with van der Waals surface area (Å²) in [5, 5.41) is 3.90. The van der Waals surface area contributed by atoms with E-state index in [4.69, 9.17) is 15.0 Å². The van der Waals surface area contributed by atoms with Gasteiger partial charge in [-0.1, -0.05) is 126 Å². The highest BCUT2D eigenvalue weighted by Gasteiger charge is 2.31. The molecule has 1 aliphatic heterocycles. The maximum absolute atomic E-state index is 8.85. The van der Waals surface area contributed by atoms with Crippen LogP contribution in [0.25, 0.3) is 10.4 Å². The molecule has 0 saturated carbocycles. The van der Waals surface area contributed by atoms with Gasteiger partial charge in [-0.2, -0.15) is 0 Å². The zero-order chi connectivity index (χ0) is 21.3. The topological polar surface area (TPSA) is 67.2 Å². The van der Waals surface area contributed by atoms with E-state index >= 15 is 0 Å². The van der Waals surface area contributed by atoms with Crippen molar-refractivity contribution in [3.05, 3.63) is 46.3 Å². The number of rotatable bonds is 16. The third-order valence-electron chi connectivity index (χ3n) is 6.01. The molecule has 1 aromatic carbocycles. The fraction of sp³-hybridized carbons (Fsp3) is 0.760. The van der Waals surface area contributed by atoms with Gasteiger partial charge in [0.05, 0.1) is 18.8 Å². The van der Waals surface area contributed by atoms with E-state index in [1.165, 1.54) is 77.0 Å². The van der Waals surface area contributed by atoms with Crippen molar-refractivity contribution in [2.24, 2.45) is 5.11 Å². The lowest BCUT2D eigenvalue weighted by Gasteiger charge is -2.34. The third kappa shape index (κ3) is 9.97. The molecule has 0 amide bonds. The Labute approximate surface area is 183 Å². The summed E-state index contributed by atoms with van der Waals surface area (Å²) in [5.41, 5.74) is 9.87. The van der Waals surface area contributed by atoms with E-state index in [0.29, 0.717) is 6.61 Å². The summed E-state index contributed by atoms with van der Waals surface area (Å²) < 4.78 is 11.9. The zero-order valence-corrected chi connectivity index (χ0v) is 18.9. The maximum atomic E-state index is 8.85. The van der Waals surface area contributed by atoms with Crippen molar-refractivity contribution in [2.75, 3.05) is 6.61 Å². The van der Waals surface area contributed by atoms with Crippen molar-refractivity contribution in [1.82, 2.24) is 0 Å². The van der Waals surface area contributed by atoms with Crippen molar-refractivity contribution in [1.29, 1.82) is 0 Å². The molecule has 3 atom stereocenters. The molecule has 168 valence electrons. The summed E-state index contributed by atoms with van der Waals surface area (Å²) in [4.78, 5) is 2.99. The Bertz CT molecular complexity index is 589. The summed E-state index contributed by atoms with van der Waals surface area (Å²) in [5.74, 6) is 0. The van der Waals surface area contributed by atoms with Crippen LogP contribution in [0.4, 0.5) is 0 Å². The molecule has 30 heavy (non-hydrogen) atoms. The molecule has 1 unspecified atom stereocenters. The van der Waals surface area contributed by atoms with Crippen LogP contribution in [0.15, 0.2) is 35.4 Å². The average molecular weight is 416 g/mol. The van der Waals surface area contributed by atoms with E-state index in [2.05, 4.69) is 16.9 Å². The lowest BCUT2D eigenvalue weighted by molar-refractivity contribution is -0.226. The molecule has 1 fully saturated rings. The van der Waals surface area contributed by atoms with Gasteiger partial charge in [0.1, 0.15) is 0 Å². The first-order valence-electron chi connectivity index (χ1n) is 12.2. The molecule has 5 nitrogen and oxygen atoms in total. The monoisotopic (exact) mass is 415 g/mol. The standard InChI is InChI=1S/C25H41N3O2/c1-2-3-4-5-6-7-8-9-10-11-12-13-17-20-24-23(27-28-26)21-29-25(30-24)22-18-15-14-16-19-22/h14-16,18-19,23-25H,2-13,17,20-21H2,1H3/t23-,24+,25?/m0/s1. The molecule has 2 rings (SSSR count). The van der Waals surface area contributed by atoms with E-state index < -0.39 is 0 Å². The predicted octanol–water partition coefficient (Wildman–Crippen LogP) is 8.26. The zero-order valence-electron chi connectivity index (χ0n) is 18.9. The first kappa shape index (κ1) is 24.7. The molecule has 0 spiro atoms. The van der Waals surface area contributed by atoms with Gasteiger partial charge in [0.2, 0.25) is 0 Å². The summed E-state index contributed by atoms with van der Waals surface area (Å²) in [6, 6.07) is 9.76. The quantitative estimate of drug-likeness (QED) is 0.118. The van der Waals surface area contributed by atoms with Crippen LogP contribution in [-0.2, 0) is 9.47 Å². The van der Waals surface area contributed by atoms with E-state index in [1.807, 2.05) is 30.3 Å². The van der Waals surface area contributed by atoms with Crippen LogP contribution in [-0.4, -0.2) is 18.8 Å². The highest BCUT2D eigenvalue weighted by molar-refractivity contribution is 5.16. The van der Waals surface area contributed by atoms with Crippen LogP contribution >= 0.6 is 0 Å². The minimum Gasteiger partial charge on any atom is -0.348 e. The highest BCUT2D eigenvalue weighted by atomic mass is 16.7. The normalized spacial score (nSPS) is 21.3. The number of azide groups is 1. The third-order valence-corrected chi connectivity index (χ3v) is 6.01. The lowest BCUT2D eigenvalue weighted by atomic mass is 10.0. The number of benzene rings is 1. The van der Waals surface area contributed by atoms with E-state index in [1.54, 1.807) is 0 Å². The van der Waals surface area contributed by atoms with E-state index in [9.17, 15) is 0 Å². The molecule has 0 aliphatic carbocycles. The maximum Gasteiger partial charge on any atom is 0.184 e. The van der Waals surface area contributed by atoms with E-state index in [-0.39, 0.29) is 18.4 Å². The average Bonchev–Trinajstić information content (AvgIpc) is 2.78. The SMILES string of the molecule is CCCCCCCCCCCCCCC[C@H]1OC(c2ccccc2)OC[C@@H]1N=[N+]=[N-]. The molecular weight excluding hydrogens is 374 g/mol. The molecule has 1 aromatic rings. The van der Waals surface area contributed by atoms with Crippen LogP contribution < -0.4 is 0 Å². The number of ether oxygens (including phenoxy) is 2. The molecule has 1 saturated heterocycles. The summed E-state index contributed by atoms with van der Waals surface area (Å²) in [7, 11) is 0. The second kappa shape index (κ2) is 16.2. The van der Waals surface area contributed by atoms with Gasteiger partial charge in [0.15, 0.2) is 6.29 Å². The Morgan fingerprint density at radius 3 is 2.00 bits per heavy atom. The first-order valence-corrected chi connectivity index (χ1v) is 12.2. The Morgan fingerprint density at radius 2 is 1.43 bits per heavy atom. The summed E-state index contributed by atoms with van der Waals surface area (Å²) >= 11 is 0. The van der Waals surface area contributed by atoms with Gasteiger partial charge < -0.3 is 9.47 Å². The van der Waals surface area contributed by atoms with Crippen molar-refractivity contribution in [3.63, 3.8) is 0 Å². The second-order valence-corrected chi connectivity index (χ2v) is 8.55. The number of nitrogens with zero attached hydrogens (tertiary/aromatic N) is 3. The molecular formula is C25H41N3O2. The van der Waals surface area contributed by atoms with Gasteiger partial charge in [-0.3, -0.25) is 0 Å². The molecule has 1 heterocycles. The highest BCUT2D eigenvalue weighted by Crippen LogP contribution is 2.30. The number of unbranched alkanes of at least 4 members (excludes halogenated alkanes) is 12. The predicted molar refractivity (Wildman–Crippen MR) is 123 cm³/mol. The van der Waals surface area contributed by atoms with Gasteiger partial charge in [-0.15, -0.1) is 0 Å². The van der Waals surface area contributed by atoms with Gasteiger partial charge in [-0.05, 0) is 12.0 Å². The summed E-state index contributed by atoms with van der Waals surface area (Å²) in [6.07, 6.45) is 18.0. The molecule has 0 bridgehead atoms. The smallest absolute Gasteiger partial charge is 0.184 e. The van der Waals surface area contributed by atoms with Crippen LogP contribution in [0.5, 0.6) is 0 Å². The fourth-order valence-electron chi connectivity index (χ4n) is 4.16. The molecule has 0 aromatic heterocycles. The molecule has 1 aliphatic rings. The van der Waals surface area contributed by atoms with Crippen LogP contribution in [0, 0.1) is 0 Å². The Morgan fingerprint density at radius 1 is 0.867 bits per heavy atom. The number of hydrogen-bond donors (Lipinski definition) is 0. The Balaban J connectivity index is 1.55. The molecule has 0 radical (unpaired) electrons. The van der Waals surface area contributed by atoms with Crippen molar-refractivity contribution in [3.8, 4) is 0 Å². The van der Waals surface area contributed by atoms with Crippen molar-refractivity contribution < 1.29 is 9.47 Å². The van der Waals surface area contributed by atoms with Gasteiger partial charge in [0, 0.05) is 10.5 Å². The Hall–Kier alpha value is -1.55.